The molecule has 2 atom stereocenters. The van der Waals surface area contributed by atoms with Crippen LogP contribution in [0, 0.1) is 5.92 Å². The van der Waals surface area contributed by atoms with Crippen molar-refractivity contribution in [1.29, 1.82) is 0 Å². The molecule has 0 saturated carbocycles. The average Bonchev–Trinajstić information content (AvgIpc) is 2.91. The normalized spacial score (nSPS) is 20.1. The first kappa shape index (κ1) is 21.5. The first-order chi connectivity index (χ1) is 13.6. The quantitative estimate of drug-likeness (QED) is 0.773. The molecule has 2 aromatic rings. The van der Waals surface area contributed by atoms with Gasteiger partial charge in [0.25, 0.3) is 5.91 Å². The van der Waals surface area contributed by atoms with Crippen molar-refractivity contribution >= 4 is 22.6 Å². The fraction of sp³-hybridized carbons (Fsp3) is 0.435. The molecule has 0 aliphatic carbocycles. The summed E-state index contributed by atoms with van der Waals surface area (Å²) in [7, 11) is 0.237. The number of carbonyl (C=O) groups excluding carboxylic acids is 1. The molecular weight excluding hydrogens is 384 g/mol. The Kier molecular flexibility index (Phi) is 5.88. The number of fused-ring (bicyclic) bond motifs is 1. The Hall–Kier alpha value is -2.18. The van der Waals surface area contributed by atoms with E-state index in [1.807, 2.05) is 83.1 Å². The Morgan fingerprint density at radius 1 is 1.10 bits per heavy atom. The Morgan fingerprint density at radius 2 is 1.72 bits per heavy atom. The maximum atomic E-state index is 13.8. The molecule has 2 aromatic carbocycles. The number of hydrogen-bond donors (Lipinski definition) is 1. The number of ether oxygens (including phenoxy) is 1. The smallest absolute Gasteiger partial charge is 0.253 e. The molecule has 0 spiro atoms. The second-order valence-corrected chi connectivity index (χ2v) is 10.7. The van der Waals surface area contributed by atoms with E-state index in [0.29, 0.717) is 6.54 Å². The number of benzene rings is 2. The van der Waals surface area contributed by atoms with Crippen molar-refractivity contribution < 1.29 is 13.7 Å². The van der Waals surface area contributed by atoms with E-state index in [1.54, 1.807) is 12.0 Å². The minimum absolute atomic E-state index is 0.0675. The molecule has 3 rings (SSSR count). The van der Waals surface area contributed by atoms with Crippen LogP contribution in [0.3, 0.4) is 0 Å². The molecule has 1 N–H and O–H groups in total. The van der Waals surface area contributed by atoms with Crippen LogP contribution in [-0.2, 0) is 27.9 Å². The zero-order chi connectivity index (χ0) is 21.4. The standard InChI is InChI=1S/C23H30N2O3S/c1-16(2)23(24-29(27)22(3,4)5)19-9-7-8-10-20(19)25(21(23)26)15-17-11-13-18(28-6)14-12-17/h7-14,16,24H,15H2,1-6H3/t23-,29?/m1/s1. The Bertz CT molecular complexity index is 918. The number of nitrogens with zero attached hydrogens (tertiary/aromatic N) is 1. The lowest BCUT2D eigenvalue weighted by Crippen LogP contribution is -2.57. The van der Waals surface area contributed by atoms with Gasteiger partial charge in [0.2, 0.25) is 0 Å². The summed E-state index contributed by atoms with van der Waals surface area (Å²) in [5.74, 6) is 0.631. The molecule has 5 nitrogen and oxygen atoms in total. The lowest BCUT2D eigenvalue weighted by atomic mass is 9.82. The topological polar surface area (TPSA) is 58.6 Å². The van der Waals surface area contributed by atoms with Gasteiger partial charge in [-0.1, -0.05) is 44.2 Å². The fourth-order valence-corrected chi connectivity index (χ4v) is 4.66. The average molecular weight is 415 g/mol. The van der Waals surface area contributed by atoms with Crippen LogP contribution in [-0.4, -0.2) is 22.0 Å². The lowest BCUT2D eigenvalue weighted by molar-refractivity contribution is -0.125. The summed E-state index contributed by atoms with van der Waals surface area (Å²) in [6.45, 7) is 10.2. The molecule has 156 valence electrons. The molecule has 1 aliphatic rings. The summed E-state index contributed by atoms with van der Waals surface area (Å²) in [5, 5.41) is 0. The second-order valence-electron chi connectivity index (χ2n) is 8.70. The maximum Gasteiger partial charge on any atom is 0.253 e. The van der Waals surface area contributed by atoms with Gasteiger partial charge in [-0.15, -0.1) is 0 Å². The van der Waals surface area contributed by atoms with E-state index in [-0.39, 0.29) is 11.8 Å². The van der Waals surface area contributed by atoms with Crippen LogP contribution < -0.4 is 14.4 Å². The van der Waals surface area contributed by atoms with E-state index >= 15 is 0 Å². The number of hydrogen-bond acceptors (Lipinski definition) is 3. The molecule has 0 bridgehead atoms. The first-order valence-corrected chi connectivity index (χ1v) is 11.0. The van der Waals surface area contributed by atoms with Crippen molar-refractivity contribution in [2.75, 3.05) is 12.0 Å². The van der Waals surface area contributed by atoms with Gasteiger partial charge in [0.15, 0.2) is 0 Å². The van der Waals surface area contributed by atoms with Crippen LogP contribution in [0.2, 0.25) is 0 Å². The molecule has 0 aromatic heterocycles. The van der Waals surface area contributed by atoms with Gasteiger partial charge in [-0.2, -0.15) is 0 Å². The van der Waals surface area contributed by atoms with Crippen LogP contribution in [0.5, 0.6) is 5.75 Å². The van der Waals surface area contributed by atoms with Crippen LogP contribution >= 0.6 is 0 Å². The predicted octanol–water partition coefficient (Wildman–Crippen LogP) is 4.15. The van der Waals surface area contributed by atoms with Gasteiger partial charge >= 0.3 is 0 Å². The number of nitrogens with one attached hydrogen (secondary N) is 1. The molecule has 1 aliphatic heterocycles. The minimum atomic E-state index is -1.39. The van der Waals surface area contributed by atoms with Gasteiger partial charge in [-0.05, 0) is 50.5 Å². The van der Waals surface area contributed by atoms with Crippen molar-refractivity contribution in [3.8, 4) is 5.75 Å². The van der Waals surface area contributed by atoms with E-state index in [9.17, 15) is 9.00 Å². The van der Waals surface area contributed by atoms with E-state index in [1.165, 1.54) is 0 Å². The van der Waals surface area contributed by atoms with E-state index in [4.69, 9.17) is 4.74 Å². The number of para-hydroxylation sites is 1. The summed E-state index contributed by atoms with van der Waals surface area (Å²) in [6, 6.07) is 15.5. The van der Waals surface area contributed by atoms with Crippen molar-refractivity contribution in [2.45, 2.75) is 51.4 Å². The molecule has 1 heterocycles. The number of anilines is 1. The molecule has 1 unspecified atom stereocenters. The first-order valence-electron chi connectivity index (χ1n) is 9.85. The van der Waals surface area contributed by atoms with Gasteiger partial charge < -0.3 is 9.64 Å². The van der Waals surface area contributed by atoms with Gasteiger partial charge in [0, 0.05) is 11.3 Å². The highest BCUT2D eigenvalue weighted by Gasteiger charge is 2.54. The number of amides is 1. The van der Waals surface area contributed by atoms with E-state index in [0.717, 1.165) is 22.6 Å². The zero-order valence-corrected chi connectivity index (χ0v) is 18.8. The van der Waals surface area contributed by atoms with Crippen LogP contribution in [0.25, 0.3) is 0 Å². The number of rotatable bonds is 6. The number of carbonyl (C=O) groups is 1. The maximum absolute atomic E-state index is 13.8. The largest absolute Gasteiger partial charge is 0.497 e. The Balaban J connectivity index is 2.05. The van der Waals surface area contributed by atoms with Gasteiger partial charge in [-0.3, -0.25) is 4.79 Å². The third-order valence-electron chi connectivity index (χ3n) is 5.38. The SMILES string of the molecule is COc1ccc(CN2C(=O)[C@@](NS(=O)C(C)(C)C)(C(C)C)c3ccccc32)cc1. The summed E-state index contributed by atoms with van der Waals surface area (Å²) in [5.41, 5.74) is 1.72. The van der Waals surface area contributed by atoms with Crippen LogP contribution in [0.4, 0.5) is 5.69 Å². The highest BCUT2D eigenvalue weighted by atomic mass is 32.2. The molecule has 6 heteroatoms. The Morgan fingerprint density at radius 3 is 2.28 bits per heavy atom. The van der Waals surface area contributed by atoms with Crippen molar-refractivity contribution in [3.05, 3.63) is 59.7 Å². The molecule has 0 fully saturated rings. The summed E-state index contributed by atoms with van der Waals surface area (Å²) >= 11 is 0. The fourth-order valence-electron chi connectivity index (χ4n) is 3.62. The van der Waals surface area contributed by atoms with Gasteiger partial charge in [0.05, 0.1) is 29.4 Å². The minimum Gasteiger partial charge on any atom is -0.497 e. The third kappa shape index (κ3) is 3.83. The molecule has 29 heavy (non-hydrogen) atoms. The van der Waals surface area contributed by atoms with E-state index in [2.05, 4.69) is 4.72 Å². The molecular formula is C23H30N2O3S. The monoisotopic (exact) mass is 414 g/mol. The summed E-state index contributed by atoms with van der Waals surface area (Å²) in [4.78, 5) is 15.6. The van der Waals surface area contributed by atoms with Crippen LogP contribution in [0.1, 0.15) is 45.7 Å². The summed E-state index contributed by atoms with van der Waals surface area (Å²) in [6.07, 6.45) is 0. The zero-order valence-electron chi connectivity index (χ0n) is 18.0. The molecule has 0 radical (unpaired) electrons. The summed E-state index contributed by atoms with van der Waals surface area (Å²) < 4.78 is 21.0. The van der Waals surface area contributed by atoms with Crippen molar-refractivity contribution in [3.63, 3.8) is 0 Å². The molecule has 1 amide bonds. The lowest BCUT2D eigenvalue weighted by Gasteiger charge is -2.35. The van der Waals surface area contributed by atoms with E-state index < -0.39 is 21.3 Å². The second kappa shape index (κ2) is 7.92. The van der Waals surface area contributed by atoms with Gasteiger partial charge in [0.1, 0.15) is 11.3 Å². The predicted molar refractivity (Wildman–Crippen MR) is 118 cm³/mol. The van der Waals surface area contributed by atoms with Crippen molar-refractivity contribution in [2.24, 2.45) is 5.92 Å². The van der Waals surface area contributed by atoms with Gasteiger partial charge in [-0.25, -0.2) is 8.93 Å². The number of methoxy groups -OCH3 is 1. The highest BCUT2D eigenvalue weighted by molar-refractivity contribution is 7.84. The third-order valence-corrected chi connectivity index (χ3v) is 7.00. The molecule has 0 saturated heterocycles. The van der Waals surface area contributed by atoms with Crippen LogP contribution in [0.15, 0.2) is 48.5 Å². The highest BCUT2D eigenvalue weighted by Crippen LogP contribution is 2.45. The Labute approximate surface area is 176 Å². The van der Waals surface area contributed by atoms with Crippen molar-refractivity contribution in [1.82, 2.24) is 4.72 Å².